The van der Waals surface area contributed by atoms with E-state index < -0.39 is 6.67 Å². The highest BCUT2D eigenvalue weighted by Crippen LogP contribution is 2.27. The number of rotatable bonds is 7. The van der Waals surface area contributed by atoms with Gasteiger partial charge in [0.05, 0.1) is 16.4 Å². The zero-order valence-electron chi connectivity index (χ0n) is 16.3. The summed E-state index contributed by atoms with van der Waals surface area (Å²) in [6, 6.07) is 15.2. The van der Waals surface area contributed by atoms with Gasteiger partial charge in [-0.05, 0) is 45.8 Å². The van der Waals surface area contributed by atoms with Crippen molar-refractivity contribution in [2.75, 3.05) is 18.5 Å². The molecule has 0 saturated carbocycles. The highest BCUT2D eigenvalue weighted by atomic mass is 79.9. The summed E-state index contributed by atoms with van der Waals surface area (Å²) in [5.74, 6) is -0.0368. The summed E-state index contributed by atoms with van der Waals surface area (Å²) in [5, 5.41) is 10.1. The van der Waals surface area contributed by atoms with Gasteiger partial charge in [0, 0.05) is 30.3 Å². The van der Waals surface area contributed by atoms with Crippen molar-refractivity contribution >= 4 is 33.3 Å². The average molecular weight is 486 g/mol. The van der Waals surface area contributed by atoms with Crippen molar-refractivity contribution in [3.63, 3.8) is 0 Å². The Labute approximate surface area is 185 Å². The van der Waals surface area contributed by atoms with Gasteiger partial charge in [0.25, 0.3) is 5.91 Å². The summed E-state index contributed by atoms with van der Waals surface area (Å²) < 4.78 is 28.8. The van der Waals surface area contributed by atoms with Gasteiger partial charge >= 0.3 is 0 Å². The van der Waals surface area contributed by atoms with Crippen molar-refractivity contribution in [2.24, 2.45) is 0 Å². The number of benzene rings is 2. The SMILES string of the molecule is O=C(NCCF)c1ccc(CNc2cc(-c3ccccc3F)nc3c(Br)cnn23)cc1. The first-order valence-corrected chi connectivity index (χ1v) is 10.3. The molecule has 2 heterocycles. The fourth-order valence-electron chi connectivity index (χ4n) is 3.10. The fraction of sp³-hybridized carbons (Fsp3) is 0.136. The number of alkyl halides is 1. The third-order valence-corrected chi connectivity index (χ3v) is 5.21. The predicted octanol–water partition coefficient (Wildman–Crippen LogP) is 4.61. The van der Waals surface area contributed by atoms with Gasteiger partial charge in [-0.3, -0.25) is 4.79 Å². The number of fused-ring (bicyclic) bond motifs is 1. The Kier molecular flexibility index (Phi) is 6.22. The molecule has 0 aliphatic rings. The topological polar surface area (TPSA) is 71.3 Å². The number of amides is 1. The summed E-state index contributed by atoms with van der Waals surface area (Å²) in [6.45, 7) is -0.170. The Morgan fingerprint density at radius 2 is 1.90 bits per heavy atom. The maximum Gasteiger partial charge on any atom is 0.251 e. The second-order valence-electron chi connectivity index (χ2n) is 6.73. The van der Waals surface area contributed by atoms with Crippen molar-refractivity contribution in [1.82, 2.24) is 19.9 Å². The van der Waals surface area contributed by atoms with E-state index in [0.717, 1.165) is 5.56 Å². The van der Waals surface area contributed by atoms with E-state index in [2.05, 4.69) is 36.6 Å². The quantitative estimate of drug-likeness (QED) is 0.401. The second kappa shape index (κ2) is 9.22. The van der Waals surface area contributed by atoms with Crippen LogP contribution in [0.2, 0.25) is 0 Å². The molecular weight excluding hydrogens is 468 g/mol. The molecule has 4 aromatic rings. The predicted molar refractivity (Wildman–Crippen MR) is 118 cm³/mol. The number of halogens is 3. The molecule has 0 aliphatic heterocycles. The monoisotopic (exact) mass is 485 g/mol. The summed E-state index contributed by atoms with van der Waals surface area (Å²) in [4.78, 5) is 16.4. The van der Waals surface area contributed by atoms with Crippen LogP contribution in [0.25, 0.3) is 16.9 Å². The number of nitrogens with one attached hydrogen (secondary N) is 2. The number of nitrogens with zero attached hydrogens (tertiary/aromatic N) is 3. The minimum Gasteiger partial charge on any atom is -0.366 e. The molecule has 1 amide bonds. The molecule has 0 saturated heterocycles. The maximum absolute atomic E-state index is 14.3. The lowest BCUT2D eigenvalue weighted by molar-refractivity contribution is 0.0951. The van der Waals surface area contributed by atoms with Gasteiger partial charge in [-0.2, -0.15) is 9.61 Å². The van der Waals surface area contributed by atoms with E-state index in [4.69, 9.17) is 0 Å². The molecule has 4 rings (SSSR count). The van der Waals surface area contributed by atoms with Crippen LogP contribution in [0, 0.1) is 5.82 Å². The van der Waals surface area contributed by atoms with E-state index >= 15 is 0 Å². The van der Waals surface area contributed by atoms with Gasteiger partial charge in [-0.25, -0.2) is 13.8 Å². The van der Waals surface area contributed by atoms with Crippen LogP contribution in [-0.4, -0.2) is 33.7 Å². The molecule has 31 heavy (non-hydrogen) atoms. The van der Waals surface area contributed by atoms with Crippen molar-refractivity contribution in [1.29, 1.82) is 0 Å². The molecule has 0 radical (unpaired) electrons. The van der Waals surface area contributed by atoms with Gasteiger partial charge in [0.2, 0.25) is 0 Å². The fourth-order valence-corrected chi connectivity index (χ4v) is 3.45. The van der Waals surface area contributed by atoms with Crippen LogP contribution >= 0.6 is 15.9 Å². The molecule has 0 bridgehead atoms. The number of anilines is 1. The summed E-state index contributed by atoms with van der Waals surface area (Å²) in [7, 11) is 0. The average Bonchev–Trinajstić information content (AvgIpc) is 3.17. The number of hydrogen-bond donors (Lipinski definition) is 2. The Morgan fingerprint density at radius 1 is 1.13 bits per heavy atom. The zero-order valence-corrected chi connectivity index (χ0v) is 17.9. The maximum atomic E-state index is 14.3. The third-order valence-electron chi connectivity index (χ3n) is 4.65. The lowest BCUT2D eigenvalue weighted by Crippen LogP contribution is -2.25. The largest absolute Gasteiger partial charge is 0.366 e. The summed E-state index contributed by atoms with van der Waals surface area (Å²) in [5.41, 5.74) is 2.81. The molecular formula is C22H18BrF2N5O. The molecule has 2 N–H and O–H groups in total. The van der Waals surface area contributed by atoms with E-state index in [9.17, 15) is 13.6 Å². The minimum atomic E-state index is -0.605. The van der Waals surface area contributed by atoms with Gasteiger partial charge in [0.1, 0.15) is 18.3 Å². The van der Waals surface area contributed by atoms with Crippen LogP contribution in [0.4, 0.5) is 14.6 Å². The number of carbonyl (C=O) groups excluding carboxylic acids is 1. The van der Waals surface area contributed by atoms with Crippen LogP contribution in [-0.2, 0) is 6.54 Å². The van der Waals surface area contributed by atoms with Crippen molar-refractivity contribution in [3.8, 4) is 11.3 Å². The molecule has 0 unspecified atom stereocenters. The molecule has 0 spiro atoms. The highest BCUT2D eigenvalue weighted by molar-refractivity contribution is 9.10. The lowest BCUT2D eigenvalue weighted by atomic mass is 10.1. The first-order valence-electron chi connectivity index (χ1n) is 9.53. The van der Waals surface area contributed by atoms with E-state index in [0.29, 0.717) is 39.3 Å². The Hall–Kier alpha value is -3.33. The van der Waals surface area contributed by atoms with E-state index in [1.165, 1.54) is 6.07 Å². The third kappa shape index (κ3) is 4.56. The van der Waals surface area contributed by atoms with Crippen LogP contribution in [0.5, 0.6) is 0 Å². The molecule has 6 nitrogen and oxygen atoms in total. The van der Waals surface area contributed by atoms with Crippen LogP contribution in [0.15, 0.2) is 65.3 Å². The molecule has 2 aromatic heterocycles. The van der Waals surface area contributed by atoms with Gasteiger partial charge in [0.15, 0.2) is 5.65 Å². The van der Waals surface area contributed by atoms with Crippen molar-refractivity contribution in [3.05, 3.63) is 82.2 Å². The van der Waals surface area contributed by atoms with Crippen molar-refractivity contribution < 1.29 is 13.6 Å². The molecule has 0 aliphatic carbocycles. The molecule has 158 valence electrons. The highest BCUT2D eigenvalue weighted by Gasteiger charge is 2.14. The first kappa shape index (κ1) is 20.9. The lowest BCUT2D eigenvalue weighted by Gasteiger charge is -2.12. The number of aromatic nitrogens is 3. The Bertz CT molecular complexity index is 1230. The van der Waals surface area contributed by atoms with Crippen LogP contribution in [0.3, 0.4) is 0 Å². The van der Waals surface area contributed by atoms with E-state index in [1.54, 1.807) is 47.1 Å². The zero-order chi connectivity index (χ0) is 21.8. The Morgan fingerprint density at radius 3 is 2.65 bits per heavy atom. The Balaban J connectivity index is 1.58. The van der Waals surface area contributed by atoms with Gasteiger partial charge in [-0.1, -0.05) is 24.3 Å². The molecule has 9 heteroatoms. The standard InChI is InChI=1S/C22H18BrF2N5O/c23-17-13-28-30-20(11-19(29-21(17)30)16-3-1-2-4-18(16)25)27-12-14-5-7-15(8-6-14)22(31)26-10-9-24/h1-8,11,13,27H,9-10,12H2,(H,26,31). The van der Waals surface area contributed by atoms with E-state index in [1.807, 2.05) is 12.1 Å². The van der Waals surface area contributed by atoms with Crippen molar-refractivity contribution in [2.45, 2.75) is 6.54 Å². The second-order valence-corrected chi connectivity index (χ2v) is 7.58. The van der Waals surface area contributed by atoms with Gasteiger partial charge < -0.3 is 10.6 Å². The van der Waals surface area contributed by atoms with E-state index in [-0.39, 0.29) is 18.3 Å². The number of hydrogen-bond acceptors (Lipinski definition) is 4. The van der Waals surface area contributed by atoms with Gasteiger partial charge in [-0.15, -0.1) is 0 Å². The molecule has 2 aromatic carbocycles. The molecule has 0 atom stereocenters. The minimum absolute atomic E-state index is 0.00997. The summed E-state index contributed by atoms with van der Waals surface area (Å²) >= 11 is 3.43. The number of carbonyl (C=O) groups is 1. The molecule has 0 fully saturated rings. The van der Waals surface area contributed by atoms with Crippen LogP contribution < -0.4 is 10.6 Å². The van der Waals surface area contributed by atoms with Crippen LogP contribution in [0.1, 0.15) is 15.9 Å². The first-order chi connectivity index (χ1) is 15.1. The normalized spacial score (nSPS) is 10.9. The smallest absolute Gasteiger partial charge is 0.251 e. The summed E-state index contributed by atoms with van der Waals surface area (Å²) in [6.07, 6.45) is 1.63.